The van der Waals surface area contributed by atoms with Crippen LogP contribution in [-0.4, -0.2) is 13.0 Å². The fourth-order valence-electron chi connectivity index (χ4n) is 2.52. The Morgan fingerprint density at radius 3 is 2.61 bits per heavy atom. The van der Waals surface area contributed by atoms with Crippen LogP contribution in [0.4, 0.5) is 11.4 Å². The molecule has 23 heavy (non-hydrogen) atoms. The molecule has 0 unspecified atom stereocenters. The number of carbonyl (C=O) groups excluding carboxylic acids is 1. The van der Waals surface area contributed by atoms with E-state index in [0.29, 0.717) is 30.2 Å². The van der Waals surface area contributed by atoms with Gasteiger partial charge in [-0.3, -0.25) is 4.79 Å². The van der Waals surface area contributed by atoms with E-state index in [1.807, 2.05) is 42.5 Å². The zero-order valence-corrected chi connectivity index (χ0v) is 13.9. The van der Waals surface area contributed by atoms with Crippen LogP contribution in [-0.2, 0) is 11.2 Å². The predicted molar refractivity (Wildman–Crippen MR) is 94.9 cm³/mol. The van der Waals surface area contributed by atoms with E-state index in [0.717, 1.165) is 16.8 Å². The minimum atomic E-state index is 0.00693. The van der Waals surface area contributed by atoms with Crippen molar-refractivity contribution in [2.75, 3.05) is 18.2 Å². The predicted octanol–water partition coefficient (Wildman–Crippen LogP) is 3.97. The summed E-state index contributed by atoms with van der Waals surface area (Å²) in [5.74, 6) is 1.03. The summed E-state index contributed by atoms with van der Waals surface area (Å²) >= 11 is 0. The maximum atomic E-state index is 12.2. The zero-order chi connectivity index (χ0) is 16.8. The molecule has 0 radical (unpaired) electrons. The highest BCUT2D eigenvalue weighted by atomic mass is 16.5. The fourth-order valence-corrected chi connectivity index (χ4v) is 2.52. The third kappa shape index (κ3) is 4.49. The first kappa shape index (κ1) is 16.9. The number of ether oxygens (including phenoxy) is 1. The molecule has 122 valence electrons. The maximum Gasteiger partial charge on any atom is 0.224 e. The van der Waals surface area contributed by atoms with Crippen LogP contribution in [0.1, 0.15) is 37.3 Å². The van der Waals surface area contributed by atoms with Crippen molar-refractivity contribution in [3.8, 4) is 5.75 Å². The number of hydrogen-bond donors (Lipinski definition) is 2. The number of benzene rings is 2. The molecule has 0 aromatic heterocycles. The molecule has 2 aromatic carbocycles. The van der Waals surface area contributed by atoms with Crippen LogP contribution in [0.15, 0.2) is 42.5 Å². The smallest absolute Gasteiger partial charge is 0.224 e. The van der Waals surface area contributed by atoms with Gasteiger partial charge in [0.1, 0.15) is 5.75 Å². The lowest BCUT2D eigenvalue weighted by molar-refractivity contribution is -0.116. The second-order valence-electron chi connectivity index (χ2n) is 5.87. The van der Waals surface area contributed by atoms with Crippen LogP contribution in [0.3, 0.4) is 0 Å². The van der Waals surface area contributed by atoms with Gasteiger partial charge in [0.15, 0.2) is 0 Å². The van der Waals surface area contributed by atoms with Gasteiger partial charge in [0.05, 0.1) is 12.8 Å². The lowest BCUT2D eigenvalue weighted by atomic mass is 10.0. The van der Waals surface area contributed by atoms with E-state index >= 15 is 0 Å². The second-order valence-corrected chi connectivity index (χ2v) is 5.87. The number of rotatable bonds is 6. The van der Waals surface area contributed by atoms with E-state index in [-0.39, 0.29) is 5.91 Å². The highest BCUT2D eigenvalue weighted by Crippen LogP contribution is 2.25. The fraction of sp³-hybridized carbons (Fsp3) is 0.316. The Kier molecular flexibility index (Phi) is 5.63. The monoisotopic (exact) mass is 312 g/mol. The molecule has 0 aliphatic rings. The van der Waals surface area contributed by atoms with Gasteiger partial charge in [-0.05, 0) is 41.7 Å². The van der Waals surface area contributed by atoms with Gasteiger partial charge in [-0.15, -0.1) is 0 Å². The van der Waals surface area contributed by atoms with Crippen LogP contribution in [0.5, 0.6) is 5.75 Å². The summed E-state index contributed by atoms with van der Waals surface area (Å²) < 4.78 is 5.14. The number of nitrogens with two attached hydrogens (primary N) is 1. The number of amides is 1. The Hall–Kier alpha value is -2.49. The van der Waals surface area contributed by atoms with Gasteiger partial charge in [0.25, 0.3) is 0 Å². The number of hydrogen-bond acceptors (Lipinski definition) is 3. The molecule has 0 bridgehead atoms. The lowest BCUT2D eigenvalue weighted by Crippen LogP contribution is -2.14. The van der Waals surface area contributed by atoms with Gasteiger partial charge in [0, 0.05) is 12.1 Å². The van der Waals surface area contributed by atoms with E-state index in [9.17, 15) is 4.79 Å². The van der Waals surface area contributed by atoms with Crippen LogP contribution in [0.2, 0.25) is 0 Å². The van der Waals surface area contributed by atoms with Gasteiger partial charge < -0.3 is 15.8 Å². The Labute approximate surface area is 137 Å². The molecule has 0 spiro atoms. The van der Waals surface area contributed by atoms with Crippen molar-refractivity contribution < 1.29 is 9.53 Å². The molecule has 3 N–H and O–H groups in total. The number of carbonyl (C=O) groups is 1. The molecule has 0 atom stereocenters. The number of anilines is 2. The van der Waals surface area contributed by atoms with Crippen molar-refractivity contribution in [3.05, 3.63) is 53.6 Å². The van der Waals surface area contributed by atoms with Crippen molar-refractivity contribution in [3.63, 3.8) is 0 Å². The van der Waals surface area contributed by atoms with E-state index in [4.69, 9.17) is 10.5 Å². The summed E-state index contributed by atoms with van der Waals surface area (Å²) in [6, 6.07) is 13.5. The summed E-state index contributed by atoms with van der Waals surface area (Å²) in [5, 5.41) is 3.00. The topological polar surface area (TPSA) is 64.3 Å². The number of methoxy groups -OCH3 is 1. The summed E-state index contributed by atoms with van der Waals surface area (Å²) in [7, 11) is 1.59. The number of nitrogen functional groups attached to an aromatic ring is 1. The van der Waals surface area contributed by atoms with Gasteiger partial charge in [-0.2, -0.15) is 0 Å². The molecule has 0 fully saturated rings. The molecule has 0 saturated heterocycles. The van der Waals surface area contributed by atoms with Crippen molar-refractivity contribution in [1.82, 2.24) is 0 Å². The molecule has 4 heteroatoms. The Morgan fingerprint density at radius 1 is 1.22 bits per heavy atom. The Bertz CT molecular complexity index is 681. The molecule has 1 amide bonds. The summed E-state index contributed by atoms with van der Waals surface area (Å²) in [6.45, 7) is 4.23. The lowest BCUT2D eigenvalue weighted by Gasteiger charge is -2.13. The van der Waals surface area contributed by atoms with Crippen molar-refractivity contribution >= 4 is 17.3 Å². The molecule has 0 saturated carbocycles. The summed E-state index contributed by atoms with van der Waals surface area (Å²) in [6.07, 6.45) is 1.06. The van der Waals surface area contributed by atoms with Crippen LogP contribution in [0, 0.1) is 0 Å². The average Bonchev–Trinajstić information content (AvgIpc) is 2.53. The van der Waals surface area contributed by atoms with Crippen LogP contribution < -0.4 is 15.8 Å². The molecule has 2 rings (SSSR count). The SMILES string of the molecule is COc1ccc(CCC(=O)Nc2ccccc2C(C)C)cc1N. The first-order chi connectivity index (χ1) is 11.0. The van der Waals surface area contributed by atoms with E-state index in [2.05, 4.69) is 19.2 Å². The zero-order valence-electron chi connectivity index (χ0n) is 13.9. The van der Waals surface area contributed by atoms with E-state index in [1.54, 1.807) is 7.11 Å². The molecule has 4 nitrogen and oxygen atoms in total. The molecule has 2 aromatic rings. The molecule has 0 aliphatic heterocycles. The maximum absolute atomic E-state index is 12.2. The average molecular weight is 312 g/mol. The van der Waals surface area contributed by atoms with E-state index in [1.165, 1.54) is 0 Å². The minimum absolute atomic E-state index is 0.00693. The standard InChI is InChI=1S/C19H24N2O2/c1-13(2)15-6-4-5-7-17(15)21-19(22)11-9-14-8-10-18(23-3)16(20)12-14/h4-8,10,12-13H,9,11,20H2,1-3H3,(H,21,22). The number of aryl methyl sites for hydroxylation is 1. The number of nitrogens with one attached hydrogen (secondary N) is 1. The van der Waals surface area contributed by atoms with Gasteiger partial charge in [0.2, 0.25) is 5.91 Å². The summed E-state index contributed by atoms with van der Waals surface area (Å²) in [4.78, 5) is 12.2. The number of para-hydroxylation sites is 1. The third-order valence-electron chi connectivity index (χ3n) is 3.79. The largest absolute Gasteiger partial charge is 0.495 e. The first-order valence-corrected chi connectivity index (χ1v) is 7.82. The van der Waals surface area contributed by atoms with Crippen LogP contribution in [0.25, 0.3) is 0 Å². The molecule has 0 aliphatic carbocycles. The molecular weight excluding hydrogens is 288 g/mol. The quantitative estimate of drug-likeness (QED) is 0.793. The highest BCUT2D eigenvalue weighted by Gasteiger charge is 2.09. The normalized spacial score (nSPS) is 10.6. The summed E-state index contributed by atoms with van der Waals surface area (Å²) in [5.41, 5.74) is 9.54. The van der Waals surface area contributed by atoms with Crippen molar-refractivity contribution in [2.45, 2.75) is 32.6 Å². The highest BCUT2D eigenvalue weighted by molar-refractivity contribution is 5.91. The first-order valence-electron chi connectivity index (χ1n) is 7.82. The van der Waals surface area contributed by atoms with Crippen molar-refractivity contribution in [1.29, 1.82) is 0 Å². The van der Waals surface area contributed by atoms with E-state index < -0.39 is 0 Å². The van der Waals surface area contributed by atoms with Crippen LogP contribution >= 0.6 is 0 Å². The second kappa shape index (κ2) is 7.68. The Balaban J connectivity index is 1.97. The van der Waals surface area contributed by atoms with Gasteiger partial charge in [-0.25, -0.2) is 0 Å². The van der Waals surface area contributed by atoms with Gasteiger partial charge in [-0.1, -0.05) is 38.1 Å². The van der Waals surface area contributed by atoms with Gasteiger partial charge >= 0.3 is 0 Å². The Morgan fingerprint density at radius 2 is 1.96 bits per heavy atom. The van der Waals surface area contributed by atoms with Crippen molar-refractivity contribution in [2.24, 2.45) is 0 Å². The minimum Gasteiger partial charge on any atom is -0.495 e. The third-order valence-corrected chi connectivity index (χ3v) is 3.79. The molecular formula is C19H24N2O2. The molecule has 0 heterocycles.